The number of carboxylic acid groups (broad SMARTS) is 1. The van der Waals surface area contributed by atoms with E-state index in [1.165, 1.54) is 0 Å². The van der Waals surface area contributed by atoms with E-state index in [0.717, 1.165) is 22.3 Å². The van der Waals surface area contributed by atoms with Crippen LogP contribution in [0.25, 0.3) is 11.8 Å². The fourth-order valence-corrected chi connectivity index (χ4v) is 3.42. The quantitative estimate of drug-likeness (QED) is 0.650. The van der Waals surface area contributed by atoms with Gasteiger partial charge in [-0.3, -0.25) is 14.5 Å². The van der Waals surface area contributed by atoms with E-state index in [-0.39, 0.29) is 4.32 Å². The molecule has 1 amide bonds. The molecule has 0 bridgehead atoms. The van der Waals surface area contributed by atoms with Crippen molar-refractivity contribution >= 4 is 57.9 Å². The Morgan fingerprint density at radius 2 is 2.04 bits per heavy atom. The number of rotatable bonds is 4. The summed E-state index contributed by atoms with van der Waals surface area (Å²) in [5.41, 5.74) is 1.40. The van der Waals surface area contributed by atoms with Gasteiger partial charge < -0.3 is 5.11 Å². The van der Waals surface area contributed by atoms with Gasteiger partial charge in [0.1, 0.15) is 10.9 Å². The number of benzene rings is 1. The summed E-state index contributed by atoms with van der Waals surface area (Å²) in [4.78, 5) is 24.4. The van der Waals surface area contributed by atoms with E-state index >= 15 is 0 Å². The van der Waals surface area contributed by atoms with E-state index in [2.05, 4.69) is 5.10 Å². The zero-order valence-electron chi connectivity index (χ0n) is 12.0. The number of amides is 1. The molecular formula is C15H10ClN3O3S2. The van der Waals surface area contributed by atoms with E-state index in [4.69, 9.17) is 28.9 Å². The molecule has 24 heavy (non-hydrogen) atoms. The predicted molar refractivity (Wildman–Crippen MR) is 96.1 cm³/mol. The standard InChI is InChI=1S/C15H10ClN3O3S2/c16-9-1-3-11(4-2-9)19-6-5-10(17-19)7-12-14(22)18(8-13(20)21)15(23)24-12/h1-7H,8H2,(H,20,21)/b12-7+. The van der Waals surface area contributed by atoms with Gasteiger partial charge in [-0.1, -0.05) is 35.6 Å². The average molecular weight is 380 g/mol. The van der Waals surface area contributed by atoms with Gasteiger partial charge in [-0.15, -0.1) is 0 Å². The highest BCUT2D eigenvalue weighted by Crippen LogP contribution is 2.32. The highest BCUT2D eigenvalue weighted by atomic mass is 35.5. The third-order valence-electron chi connectivity index (χ3n) is 3.15. The van der Waals surface area contributed by atoms with E-state index in [0.29, 0.717) is 15.6 Å². The molecule has 1 aliphatic heterocycles. The lowest BCUT2D eigenvalue weighted by Gasteiger charge is -2.09. The Bertz CT molecular complexity index is 861. The van der Waals surface area contributed by atoms with Gasteiger partial charge in [-0.2, -0.15) is 5.10 Å². The Morgan fingerprint density at radius 1 is 1.33 bits per heavy atom. The third kappa shape index (κ3) is 3.50. The normalized spacial score (nSPS) is 16.2. The van der Waals surface area contributed by atoms with Crippen LogP contribution in [-0.2, 0) is 9.59 Å². The molecule has 1 saturated heterocycles. The molecule has 2 aromatic rings. The Morgan fingerprint density at radius 3 is 2.71 bits per heavy atom. The fraction of sp³-hybridized carbons (Fsp3) is 0.0667. The Labute approximate surface area is 151 Å². The van der Waals surface area contributed by atoms with Gasteiger partial charge in [0.2, 0.25) is 0 Å². The molecule has 1 N–H and O–H groups in total. The van der Waals surface area contributed by atoms with Crippen molar-refractivity contribution in [3.8, 4) is 5.69 Å². The summed E-state index contributed by atoms with van der Waals surface area (Å²) in [5, 5.41) is 13.8. The van der Waals surface area contributed by atoms with Crippen molar-refractivity contribution in [1.82, 2.24) is 14.7 Å². The molecule has 0 unspecified atom stereocenters. The molecule has 3 rings (SSSR count). The number of hydrogen-bond donors (Lipinski definition) is 1. The van der Waals surface area contributed by atoms with Crippen molar-refractivity contribution in [1.29, 1.82) is 0 Å². The minimum absolute atomic E-state index is 0.228. The van der Waals surface area contributed by atoms with Crippen molar-refractivity contribution < 1.29 is 14.7 Å². The van der Waals surface area contributed by atoms with Crippen LogP contribution in [0.2, 0.25) is 5.02 Å². The molecule has 9 heteroatoms. The van der Waals surface area contributed by atoms with Crippen LogP contribution in [0, 0.1) is 0 Å². The van der Waals surface area contributed by atoms with Crippen molar-refractivity contribution in [3.05, 3.63) is 52.2 Å². The summed E-state index contributed by atoms with van der Waals surface area (Å²) in [6, 6.07) is 8.92. The lowest BCUT2D eigenvalue weighted by atomic mass is 10.3. The molecule has 1 aromatic carbocycles. The number of thiocarbonyl (C=S) groups is 1. The second kappa shape index (κ2) is 6.76. The van der Waals surface area contributed by atoms with Crippen LogP contribution < -0.4 is 0 Å². The van der Waals surface area contributed by atoms with Crippen LogP contribution in [0.1, 0.15) is 5.69 Å². The number of aromatic nitrogens is 2. The maximum atomic E-state index is 12.2. The maximum absolute atomic E-state index is 12.2. The van der Waals surface area contributed by atoms with Gasteiger partial charge in [0.25, 0.3) is 5.91 Å². The molecule has 0 atom stereocenters. The summed E-state index contributed by atoms with van der Waals surface area (Å²) in [6.45, 7) is -0.443. The van der Waals surface area contributed by atoms with Gasteiger partial charge in [-0.25, -0.2) is 4.68 Å². The van der Waals surface area contributed by atoms with Gasteiger partial charge >= 0.3 is 5.97 Å². The Balaban J connectivity index is 1.82. The SMILES string of the molecule is O=C(O)CN1C(=O)/C(=C\c2ccn(-c3ccc(Cl)cc3)n2)SC1=S. The summed E-state index contributed by atoms with van der Waals surface area (Å²) < 4.78 is 1.88. The summed E-state index contributed by atoms with van der Waals surface area (Å²) in [6.07, 6.45) is 3.35. The topological polar surface area (TPSA) is 75.4 Å². The molecule has 1 fully saturated rings. The van der Waals surface area contributed by atoms with Crippen LogP contribution in [0.5, 0.6) is 0 Å². The van der Waals surface area contributed by atoms with Crippen LogP contribution in [0.15, 0.2) is 41.4 Å². The first kappa shape index (κ1) is 16.7. The Kier molecular flexibility index (Phi) is 4.70. The first-order chi connectivity index (χ1) is 11.4. The number of thioether (sulfide) groups is 1. The van der Waals surface area contributed by atoms with Crippen LogP contribution in [0.3, 0.4) is 0 Å². The van der Waals surface area contributed by atoms with Crippen molar-refractivity contribution in [3.63, 3.8) is 0 Å². The van der Waals surface area contributed by atoms with Crippen LogP contribution in [-0.4, -0.2) is 42.5 Å². The van der Waals surface area contributed by atoms with E-state index in [9.17, 15) is 9.59 Å². The number of carboxylic acids is 1. The van der Waals surface area contributed by atoms with E-state index in [1.54, 1.807) is 35.2 Å². The highest BCUT2D eigenvalue weighted by Gasteiger charge is 2.33. The minimum atomic E-state index is -1.11. The predicted octanol–water partition coefficient (Wildman–Crippen LogP) is 2.81. The van der Waals surface area contributed by atoms with E-state index < -0.39 is 18.4 Å². The molecule has 6 nitrogen and oxygen atoms in total. The molecular weight excluding hydrogens is 370 g/mol. The lowest BCUT2D eigenvalue weighted by Crippen LogP contribution is -2.33. The molecule has 1 aromatic heterocycles. The first-order valence-corrected chi connectivity index (χ1v) is 8.33. The Hall–Kier alpha value is -2.16. The van der Waals surface area contributed by atoms with Crippen molar-refractivity contribution in [2.75, 3.05) is 6.54 Å². The molecule has 122 valence electrons. The zero-order chi connectivity index (χ0) is 17.3. The fourth-order valence-electron chi connectivity index (χ4n) is 2.06. The molecule has 2 heterocycles. The summed E-state index contributed by atoms with van der Waals surface area (Å²) in [5.74, 6) is -1.53. The highest BCUT2D eigenvalue weighted by molar-refractivity contribution is 8.26. The maximum Gasteiger partial charge on any atom is 0.323 e. The molecule has 0 spiro atoms. The average Bonchev–Trinajstić information content (AvgIpc) is 3.09. The van der Waals surface area contributed by atoms with Crippen LogP contribution in [0.4, 0.5) is 0 Å². The number of aliphatic carboxylic acids is 1. The smallest absolute Gasteiger partial charge is 0.323 e. The van der Waals surface area contributed by atoms with Gasteiger partial charge in [0, 0.05) is 11.2 Å². The molecule has 1 aliphatic rings. The monoisotopic (exact) mass is 379 g/mol. The number of carbonyl (C=O) groups excluding carboxylic acids is 1. The molecule has 0 radical (unpaired) electrons. The number of hydrogen-bond acceptors (Lipinski definition) is 5. The van der Waals surface area contributed by atoms with Crippen LogP contribution >= 0.6 is 35.6 Å². The second-order valence-electron chi connectivity index (χ2n) is 4.82. The largest absolute Gasteiger partial charge is 0.480 e. The van der Waals surface area contributed by atoms with Gasteiger partial charge in [-0.05, 0) is 36.4 Å². The zero-order valence-corrected chi connectivity index (χ0v) is 14.4. The minimum Gasteiger partial charge on any atom is -0.480 e. The van der Waals surface area contributed by atoms with E-state index in [1.807, 2.05) is 12.1 Å². The van der Waals surface area contributed by atoms with Crippen molar-refractivity contribution in [2.45, 2.75) is 0 Å². The first-order valence-electron chi connectivity index (χ1n) is 6.73. The second-order valence-corrected chi connectivity index (χ2v) is 6.94. The molecule has 0 aliphatic carbocycles. The number of nitrogens with zero attached hydrogens (tertiary/aromatic N) is 3. The van der Waals surface area contributed by atoms with Gasteiger partial charge in [0.05, 0.1) is 16.3 Å². The van der Waals surface area contributed by atoms with Gasteiger partial charge in [0.15, 0.2) is 0 Å². The number of carbonyl (C=O) groups is 2. The lowest BCUT2D eigenvalue weighted by molar-refractivity contribution is -0.140. The third-order valence-corrected chi connectivity index (χ3v) is 4.78. The van der Waals surface area contributed by atoms with Crippen molar-refractivity contribution in [2.24, 2.45) is 0 Å². The summed E-state index contributed by atoms with van der Waals surface area (Å²) >= 11 is 12.0. The number of halogens is 1. The summed E-state index contributed by atoms with van der Waals surface area (Å²) in [7, 11) is 0. The molecule has 0 saturated carbocycles.